The summed E-state index contributed by atoms with van der Waals surface area (Å²) in [6.07, 6.45) is -2.29. The molecule has 0 saturated carbocycles. The molecule has 0 aromatic carbocycles. The van der Waals surface area contributed by atoms with Gasteiger partial charge in [-0.15, -0.1) is 13.2 Å². The molecule has 1 heterocycles. The van der Waals surface area contributed by atoms with Crippen molar-refractivity contribution >= 4 is 0 Å². The van der Waals surface area contributed by atoms with E-state index in [4.69, 9.17) is 0 Å². The molecule has 0 amide bonds. The zero-order valence-corrected chi connectivity index (χ0v) is 5.18. The van der Waals surface area contributed by atoms with Crippen LogP contribution in [0.3, 0.4) is 0 Å². The van der Waals surface area contributed by atoms with E-state index in [0.29, 0.717) is 5.56 Å². The Labute approximate surface area is 55.3 Å². The largest absolute Gasteiger partial charge is 0.504 e. The van der Waals surface area contributed by atoms with Crippen LogP contribution in [0.4, 0.5) is 13.2 Å². The van der Waals surface area contributed by atoms with Crippen LogP contribution >= 0.6 is 0 Å². The second kappa shape index (κ2) is 2.00. The molecule has 1 aromatic rings. The first-order chi connectivity index (χ1) is 4.50. The third-order valence-corrected chi connectivity index (χ3v) is 0.971. The van der Waals surface area contributed by atoms with Gasteiger partial charge in [0, 0.05) is 6.20 Å². The SMILES string of the molecule is Cc1cnn(C(F)(F)F)c1. The van der Waals surface area contributed by atoms with E-state index in [1.807, 2.05) is 0 Å². The van der Waals surface area contributed by atoms with Gasteiger partial charge in [0.2, 0.25) is 0 Å². The summed E-state index contributed by atoms with van der Waals surface area (Å²) in [7, 11) is 0. The lowest BCUT2D eigenvalue weighted by Crippen LogP contribution is -2.16. The topological polar surface area (TPSA) is 17.8 Å². The van der Waals surface area contributed by atoms with Crippen LogP contribution in [0.1, 0.15) is 5.56 Å². The molecule has 56 valence electrons. The summed E-state index contributed by atoms with van der Waals surface area (Å²) in [5.74, 6) is 0. The predicted molar refractivity (Wildman–Crippen MR) is 28.3 cm³/mol. The number of aromatic nitrogens is 2. The fourth-order valence-electron chi connectivity index (χ4n) is 0.551. The molecule has 10 heavy (non-hydrogen) atoms. The van der Waals surface area contributed by atoms with Crippen LogP contribution in [0.5, 0.6) is 0 Å². The Hall–Kier alpha value is -1.00. The highest BCUT2D eigenvalue weighted by Crippen LogP contribution is 2.20. The Morgan fingerprint density at radius 2 is 2.10 bits per heavy atom. The standard InChI is InChI=1S/C5H5F3N2/c1-4-2-9-10(3-4)5(6,7)8/h2-3H,1H3. The van der Waals surface area contributed by atoms with Gasteiger partial charge in [-0.3, -0.25) is 0 Å². The first-order valence-electron chi connectivity index (χ1n) is 2.58. The van der Waals surface area contributed by atoms with Crippen molar-refractivity contribution in [1.82, 2.24) is 9.78 Å². The van der Waals surface area contributed by atoms with Crippen molar-refractivity contribution in [1.29, 1.82) is 0 Å². The van der Waals surface area contributed by atoms with Crippen LogP contribution < -0.4 is 0 Å². The number of rotatable bonds is 0. The Balaban J connectivity index is 2.96. The summed E-state index contributed by atoms with van der Waals surface area (Å²) in [5, 5.41) is 3.08. The van der Waals surface area contributed by atoms with Crippen molar-refractivity contribution in [2.75, 3.05) is 0 Å². The van der Waals surface area contributed by atoms with Crippen LogP contribution in [0.15, 0.2) is 12.4 Å². The summed E-state index contributed by atoms with van der Waals surface area (Å²) in [6, 6.07) is 0. The van der Waals surface area contributed by atoms with Gasteiger partial charge in [0.1, 0.15) is 0 Å². The summed E-state index contributed by atoms with van der Waals surface area (Å²) in [6.45, 7) is 1.55. The number of hydrogen-bond acceptors (Lipinski definition) is 1. The molecule has 5 heteroatoms. The van der Waals surface area contributed by atoms with Gasteiger partial charge in [-0.25, -0.2) is 0 Å². The molecule has 0 aliphatic rings. The highest BCUT2D eigenvalue weighted by molar-refractivity contribution is 4.99. The number of halogens is 3. The lowest BCUT2D eigenvalue weighted by Gasteiger charge is -2.03. The molecule has 0 aliphatic heterocycles. The van der Waals surface area contributed by atoms with Crippen molar-refractivity contribution < 1.29 is 13.2 Å². The normalized spacial score (nSPS) is 12.0. The smallest absolute Gasteiger partial charge is 0.179 e. The molecule has 0 N–H and O–H groups in total. The summed E-state index contributed by atoms with van der Waals surface area (Å²) >= 11 is 0. The van der Waals surface area contributed by atoms with E-state index in [-0.39, 0.29) is 4.68 Å². The van der Waals surface area contributed by atoms with E-state index < -0.39 is 6.30 Å². The molecule has 2 nitrogen and oxygen atoms in total. The molecule has 0 atom stereocenters. The Morgan fingerprint density at radius 1 is 1.50 bits per heavy atom. The van der Waals surface area contributed by atoms with E-state index in [0.717, 1.165) is 12.4 Å². The highest BCUT2D eigenvalue weighted by atomic mass is 19.4. The van der Waals surface area contributed by atoms with E-state index in [2.05, 4.69) is 5.10 Å². The fourth-order valence-corrected chi connectivity index (χ4v) is 0.551. The van der Waals surface area contributed by atoms with E-state index in [9.17, 15) is 13.2 Å². The van der Waals surface area contributed by atoms with Gasteiger partial charge in [-0.05, 0) is 12.5 Å². The zero-order valence-electron chi connectivity index (χ0n) is 5.18. The third-order valence-electron chi connectivity index (χ3n) is 0.971. The minimum absolute atomic E-state index is 0.0255. The van der Waals surface area contributed by atoms with E-state index >= 15 is 0 Å². The van der Waals surface area contributed by atoms with Gasteiger partial charge in [-0.1, -0.05) is 0 Å². The van der Waals surface area contributed by atoms with Crippen LogP contribution in [0.2, 0.25) is 0 Å². The molecule has 0 spiro atoms. The van der Waals surface area contributed by atoms with Gasteiger partial charge in [-0.2, -0.15) is 9.78 Å². The van der Waals surface area contributed by atoms with E-state index in [1.165, 1.54) is 0 Å². The number of aryl methyl sites for hydroxylation is 1. The summed E-state index contributed by atoms with van der Waals surface area (Å²) < 4.78 is 35.1. The van der Waals surface area contributed by atoms with Crippen molar-refractivity contribution in [2.24, 2.45) is 0 Å². The lowest BCUT2D eigenvalue weighted by molar-refractivity contribution is -0.212. The number of hydrogen-bond donors (Lipinski definition) is 0. The maximum absolute atomic E-state index is 11.7. The molecule has 1 aromatic heterocycles. The molecule has 0 aliphatic carbocycles. The molecular formula is C5H5F3N2. The first kappa shape index (κ1) is 7.11. The van der Waals surface area contributed by atoms with Crippen molar-refractivity contribution in [3.8, 4) is 0 Å². The fraction of sp³-hybridized carbons (Fsp3) is 0.400. The van der Waals surface area contributed by atoms with Gasteiger partial charge in [0.15, 0.2) is 0 Å². The predicted octanol–water partition coefficient (Wildman–Crippen LogP) is 1.67. The third kappa shape index (κ3) is 1.29. The molecule has 0 saturated heterocycles. The maximum Gasteiger partial charge on any atom is 0.504 e. The molecular weight excluding hydrogens is 145 g/mol. The monoisotopic (exact) mass is 150 g/mol. The average molecular weight is 150 g/mol. The van der Waals surface area contributed by atoms with Gasteiger partial charge < -0.3 is 0 Å². The van der Waals surface area contributed by atoms with Crippen molar-refractivity contribution in [2.45, 2.75) is 13.2 Å². The minimum Gasteiger partial charge on any atom is -0.179 e. The lowest BCUT2D eigenvalue weighted by atomic mass is 10.4. The Morgan fingerprint density at radius 3 is 2.30 bits per heavy atom. The minimum atomic E-state index is -4.38. The second-order valence-corrected chi connectivity index (χ2v) is 1.93. The van der Waals surface area contributed by atoms with Crippen molar-refractivity contribution in [3.05, 3.63) is 18.0 Å². The van der Waals surface area contributed by atoms with Crippen LogP contribution in [0.25, 0.3) is 0 Å². The molecule has 1 rings (SSSR count). The van der Waals surface area contributed by atoms with Crippen LogP contribution in [-0.4, -0.2) is 9.78 Å². The van der Waals surface area contributed by atoms with Gasteiger partial charge >= 0.3 is 6.30 Å². The highest BCUT2D eigenvalue weighted by Gasteiger charge is 2.30. The molecule has 0 bridgehead atoms. The first-order valence-corrected chi connectivity index (χ1v) is 2.58. The summed E-state index contributed by atoms with van der Waals surface area (Å²) in [4.78, 5) is 0. The van der Waals surface area contributed by atoms with Crippen molar-refractivity contribution in [3.63, 3.8) is 0 Å². The quantitative estimate of drug-likeness (QED) is 0.550. The zero-order chi connectivity index (χ0) is 7.78. The molecule has 0 fully saturated rings. The maximum atomic E-state index is 11.7. The molecule has 0 radical (unpaired) electrons. The van der Waals surface area contributed by atoms with Gasteiger partial charge in [0.25, 0.3) is 0 Å². The second-order valence-electron chi connectivity index (χ2n) is 1.93. The van der Waals surface area contributed by atoms with Gasteiger partial charge in [0.05, 0.1) is 6.20 Å². The van der Waals surface area contributed by atoms with E-state index in [1.54, 1.807) is 6.92 Å². The Bertz CT molecular complexity index is 225. The summed E-state index contributed by atoms with van der Waals surface area (Å²) in [5.41, 5.74) is 0.498. The van der Waals surface area contributed by atoms with Crippen LogP contribution in [-0.2, 0) is 6.30 Å². The molecule has 0 unspecified atom stereocenters. The average Bonchev–Trinajstić information content (AvgIpc) is 2.11. The number of alkyl halides is 3. The Kier molecular flexibility index (Phi) is 1.42. The number of nitrogens with zero attached hydrogens (tertiary/aromatic N) is 2. The van der Waals surface area contributed by atoms with Crippen LogP contribution in [0, 0.1) is 6.92 Å².